The highest BCUT2D eigenvalue weighted by atomic mass is 35.5. The Hall–Kier alpha value is -1.32. The summed E-state index contributed by atoms with van der Waals surface area (Å²) in [4.78, 5) is 0. The molecule has 20 heavy (non-hydrogen) atoms. The van der Waals surface area contributed by atoms with Crippen LogP contribution in [0.25, 0.3) is 0 Å². The fourth-order valence-corrected chi connectivity index (χ4v) is 2.80. The molecule has 1 heterocycles. The van der Waals surface area contributed by atoms with Gasteiger partial charge in [0.1, 0.15) is 17.3 Å². The third-order valence-corrected chi connectivity index (χ3v) is 4.19. The van der Waals surface area contributed by atoms with Crippen molar-refractivity contribution in [2.75, 3.05) is 7.05 Å². The maximum atomic E-state index is 13.5. The monoisotopic (exact) mass is 295 g/mol. The minimum atomic E-state index is -0.379. The summed E-state index contributed by atoms with van der Waals surface area (Å²) in [5.41, 5.74) is 3.06. The molecule has 1 unspecified atom stereocenters. The zero-order chi connectivity index (χ0) is 14.9. The molecule has 0 amide bonds. The second-order valence-corrected chi connectivity index (χ2v) is 5.39. The quantitative estimate of drug-likeness (QED) is 0.898. The van der Waals surface area contributed by atoms with E-state index in [9.17, 15) is 4.39 Å². The summed E-state index contributed by atoms with van der Waals surface area (Å²) in [5, 5.41) is 3.46. The minimum absolute atomic E-state index is 0.0479. The van der Waals surface area contributed by atoms with Crippen molar-refractivity contribution in [3.05, 3.63) is 57.2 Å². The van der Waals surface area contributed by atoms with E-state index in [1.165, 1.54) is 6.07 Å². The first-order valence-electron chi connectivity index (χ1n) is 6.62. The predicted molar refractivity (Wildman–Crippen MR) is 79.8 cm³/mol. The summed E-state index contributed by atoms with van der Waals surface area (Å²) in [5.74, 6) is 1.44. The van der Waals surface area contributed by atoms with Crippen LogP contribution in [0.3, 0.4) is 0 Å². The molecule has 0 spiro atoms. The van der Waals surface area contributed by atoms with Crippen LogP contribution in [0, 0.1) is 26.6 Å². The Labute approximate surface area is 123 Å². The van der Waals surface area contributed by atoms with E-state index in [2.05, 4.69) is 5.32 Å². The van der Waals surface area contributed by atoms with E-state index in [4.69, 9.17) is 16.0 Å². The lowest BCUT2D eigenvalue weighted by atomic mass is 9.96. The minimum Gasteiger partial charge on any atom is -0.466 e. The standard InChI is InChI=1S/C16H19ClFNO/c1-9-10(2)20-11(3)15(9)14(19-4)8-12-6-5-7-13(18)16(12)17/h5-7,14,19H,8H2,1-4H3. The van der Waals surface area contributed by atoms with Gasteiger partial charge in [0.15, 0.2) is 0 Å². The van der Waals surface area contributed by atoms with Gasteiger partial charge in [-0.1, -0.05) is 23.7 Å². The Balaban J connectivity index is 2.36. The number of rotatable bonds is 4. The van der Waals surface area contributed by atoms with Gasteiger partial charge < -0.3 is 9.73 Å². The van der Waals surface area contributed by atoms with Crippen molar-refractivity contribution in [3.63, 3.8) is 0 Å². The van der Waals surface area contributed by atoms with Gasteiger partial charge in [-0.3, -0.25) is 0 Å². The zero-order valence-corrected chi connectivity index (χ0v) is 12.9. The summed E-state index contributed by atoms with van der Waals surface area (Å²) in [7, 11) is 1.89. The molecule has 1 aromatic heterocycles. The Morgan fingerprint density at radius 3 is 2.50 bits per heavy atom. The lowest BCUT2D eigenvalue weighted by Crippen LogP contribution is -2.20. The van der Waals surface area contributed by atoms with Crippen molar-refractivity contribution < 1.29 is 8.81 Å². The molecule has 4 heteroatoms. The molecule has 2 aromatic rings. The van der Waals surface area contributed by atoms with E-state index >= 15 is 0 Å². The van der Waals surface area contributed by atoms with Crippen LogP contribution in [0.1, 0.15) is 34.3 Å². The Bertz CT molecular complexity index is 621. The van der Waals surface area contributed by atoms with Crippen LogP contribution in [-0.4, -0.2) is 7.05 Å². The largest absolute Gasteiger partial charge is 0.466 e. The summed E-state index contributed by atoms with van der Waals surface area (Å²) in [6, 6.07) is 4.96. The first-order valence-corrected chi connectivity index (χ1v) is 7.00. The molecular formula is C16H19ClFNO. The van der Waals surface area contributed by atoms with Gasteiger partial charge in [-0.15, -0.1) is 0 Å². The number of likely N-dealkylation sites (N-methyl/N-ethyl adjacent to an activating group) is 1. The zero-order valence-electron chi connectivity index (χ0n) is 12.2. The topological polar surface area (TPSA) is 25.2 Å². The fraction of sp³-hybridized carbons (Fsp3) is 0.375. The van der Waals surface area contributed by atoms with E-state index in [0.29, 0.717) is 6.42 Å². The predicted octanol–water partition coefficient (Wildman–Crippen LogP) is 4.50. The third-order valence-electron chi connectivity index (χ3n) is 3.77. The van der Waals surface area contributed by atoms with Crippen LogP contribution in [0.5, 0.6) is 0 Å². The van der Waals surface area contributed by atoms with Crippen molar-refractivity contribution in [3.8, 4) is 0 Å². The highest BCUT2D eigenvalue weighted by molar-refractivity contribution is 6.31. The Morgan fingerprint density at radius 1 is 1.25 bits per heavy atom. The highest BCUT2D eigenvalue weighted by Crippen LogP contribution is 2.31. The molecular weight excluding hydrogens is 277 g/mol. The van der Waals surface area contributed by atoms with E-state index in [-0.39, 0.29) is 16.9 Å². The summed E-state index contributed by atoms with van der Waals surface area (Å²) in [6.45, 7) is 5.94. The van der Waals surface area contributed by atoms with Crippen molar-refractivity contribution >= 4 is 11.6 Å². The maximum absolute atomic E-state index is 13.5. The first kappa shape index (κ1) is 15.1. The molecule has 0 radical (unpaired) electrons. The average Bonchev–Trinajstić information content (AvgIpc) is 2.66. The van der Waals surface area contributed by atoms with Gasteiger partial charge in [0.2, 0.25) is 0 Å². The molecule has 1 N–H and O–H groups in total. The SMILES string of the molecule is CNC(Cc1cccc(F)c1Cl)c1c(C)oc(C)c1C. The van der Waals surface area contributed by atoms with Crippen LogP contribution < -0.4 is 5.32 Å². The van der Waals surface area contributed by atoms with Crippen molar-refractivity contribution in [1.82, 2.24) is 5.32 Å². The molecule has 0 aliphatic heterocycles. The van der Waals surface area contributed by atoms with Gasteiger partial charge in [-0.2, -0.15) is 0 Å². The van der Waals surface area contributed by atoms with Gasteiger partial charge >= 0.3 is 0 Å². The molecule has 0 bridgehead atoms. The molecule has 0 aliphatic carbocycles. The Morgan fingerprint density at radius 2 is 1.95 bits per heavy atom. The van der Waals surface area contributed by atoms with Crippen LogP contribution in [0.2, 0.25) is 5.02 Å². The number of benzene rings is 1. The average molecular weight is 296 g/mol. The van der Waals surface area contributed by atoms with Crippen LogP contribution >= 0.6 is 11.6 Å². The van der Waals surface area contributed by atoms with Crippen LogP contribution in [0.4, 0.5) is 4.39 Å². The van der Waals surface area contributed by atoms with Crippen molar-refractivity contribution in [1.29, 1.82) is 0 Å². The van der Waals surface area contributed by atoms with Gasteiger partial charge in [-0.25, -0.2) is 4.39 Å². The molecule has 0 saturated heterocycles. The molecule has 1 atom stereocenters. The molecule has 0 aliphatic rings. The molecule has 2 nitrogen and oxygen atoms in total. The Kier molecular flexibility index (Phi) is 4.51. The second-order valence-electron chi connectivity index (χ2n) is 5.01. The van der Waals surface area contributed by atoms with E-state index in [1.807, 2.05) is 33.9 Å². The summed E-state index contributed by atoms with van der Waals surface area (Å²) >= 11 is 6.04. The second kappa shape index (κ2) is 5.98. The third kappa shape index (κ3) is 2.74. The van der Waals surface area contributed by atoms with Gasteiger partial charge in [0.25, 0.3) is 0 Å². The number of hydrogen-bond donors (Lipinski definition) is 1. The van der Waals surface area contributed by atoms with Crippen molar-refractivity contribution in [2.24, 2.45) is 0 Å². The van der Waals surface area contributed by atoms with Gasteiger partial charge in [0, 0.05) is 11.6 Å². The van der Waals surface area contributed by atoms with E-state index < -0.39 is 0 Å². The fourth-order valence-electron chi connectivity index (χ4n) is 2.60. The summed E-state index contributed by atoms with van der Waals surface area (Å²) in [6.07, 6.45) is 0.619. The lowest BCUT2D eigenvalue weighted by molar-refractivity contribution is 0.489. The number of furan rings is 1. The van der Waals surface area contributed by atoms with Gasteiger partial charge in [-0.05, 0) is 51.4 Å². The molecule has 2 rings (SSSR count). The molecule has 1 aromatic carbocycles. The molecule has 108 valence electrons. The molecule has 0 fully saturated rings. The number of aryl methyl sites for hydroxylation is 2. The van der Waals surface area contributed by atoms with E-state index in [1.54, 1.807) is 6.07 Å². The first-order chi connectivity index (χ1) is 9.45. The number of halogens is 2. The smallest absolute Gasteiger partial charge is 0.142 e. The normalized spacial score (nSPS) is 12.7. The highest BCUT2D eigenvalue weighted by Gasteiger charge is 2.21. The lowest BCUT2D eigenvalue weighted by Gasteiger charge is -2.18. The maximum Gasteiger partial charge on any atom is 0.142 e. The van der Waals surface area contributed by atoms with Gasteiger partial charge in [0.05, 0.1) is 5.02 Å². The van der Waals surface area contributed by atoms with Crippen molar-refractivity contribution in [2.45, 2.75) is 33.2 Å². The molecule has 0 saturated carbocycles. The van der Waals surface area contributed by atoms with Crippen LogP contribution in [-0.2, 0) is 6.42 Å². The van der Waals surface area contributed by atoms with Crippen LogP contribution in [0.15, 0.2) is 22.6 Å². The number of nitrogens with one attached hydrogen (secondary N) is 1. The van der Waals surface area contributed by atoms with E-state index in [0.717, 1.165) is 28.2 Å². The summed E-state index contributed by atoms with van der Waals surface area (Å²) < 4.78 is 19.2. The number of hydrogen-bond acceptors (Lipinski definition) is 2.